The van der Waals surface area contributed by atoms with Gasteiger partial charge in [0.2, 0.25) is 0 Å². The lowest BCUT2D eigenvalue weighted by Gasteiger charge is -2.29. The maximum absolute atomic E-state index is 9.24. The molecule has 1 aromatic carbocycles. The fourth-order valence-electron chi connectivity index (χ4n) is 2.45. The van der Waals surface area contributed by atoms with E-state index in [4.69, 9.17) is 0 Å². The molecule has 1 heteroatoms. The van der Waals surface area contributed by atoms with Gasteiger partial charge in [-0.05, 0) is 40.4 Å². The van der Waals surface area contributed by atoms with Crippen LogP contribution < -0.4 is 0 Å². The Morgan fingerprint density at radius 2 is 1.67 bits per heavy atom. The molecule has 0 atom stereocenters. The Kier molecular flexibility index (Phi) is 4.98. The van der Waals surface area contributed by atoms with Crippen molar-refractivity contribution in [3.63, 3.8) is 0 Å². The molecule has 0 aliphatic heterocycles. The van der Waals surface area contributed by atoms with E-state index in [9.17, 15) is 5.11 Å². The average molecular weight is 248 g/mol. The number of rotatable bonds is 5. The SMILES string of the molecule is CC(C)c1ccc(C(C)(C)CCO)c(C(C)C)c1. The van der Waals surface area contributed by atoms with E-state index in [1.807, 2.05) is 0 Å². The van der Waals surface area contributed by atoms with E-state index in [2.05, 4.69) is 59.7 Å². The largest absolute Gasteiger partial charge is 0.396 e. The monoisotopic (exact) mass is 248 g/mol. The lowest BCUT2D eigenvalue weighted by atomic mass is 9.76. The summed E-state index contributed by atoms with van der Waals surface area (Å²) in [6.45, 7) is 13.7. The van der Waals surface area contributed by atoms with Gasteiger partial charge in [0.1, 0.15) is 0 Å². The van der Waals surface area contributed by atoms with E-state index in [-0.39, 0.29) is 12.0 Å². The molecule has 0 fully saturated rings. The second-order valence-corrected chi connectivity index (χ2v) is 6.51. The van der Waals surface area contributed by atoms with Crippen LogP contribution >= 0.6 is 0 Å². The van der Waals surface area contributed by atoms with Crippen LogP contribution in [-0.2, 0) is 5.41 Å². The summed E-state index contributed by atoms with van der Waals surface area (Å²) in [7, 11) is 0. The van der Waals surface area contributed by atoms with Crippen LogP contribution in [0.15, 0.2) is 18.2 Å². The minimum Gasteiger partial charge on any atom is -0.396 e. The Morgan fingerprint density at radius 3 is 2.11 bits per heavy atom. The normalized spacial score (nSPS) is 12.5. The lowest BCUT2D eigenvalue weighted by Crippen LogP contribution is -2.21. The molecule has 1 nitrogen and oxygen atoms in total. The molecule has 0 radical (unpaired) electrons. The standard InChI is InChI=1S/C17H28O/c1-12(2)14-7-8-16(15(11-14)13(3)4)17(5,6)9-10-18/h7-8,11-13,18H,9-10H2,1-6H3. The first-order valence-corrected chi connectivity index (χ1v) is 7.04. The third-order valence-electron chi connectivity index (χ3n) is 3.83. The first-order valence-electron chi connectivity index (χ1n) is 7.04. The molecule has 18 heavy (non-hydrogen) atoms. The van der Waals surface area contributed by atoms with Crippen LogP contribution in [0, 0.1) is 0 Å². The molecule has 0 bridgehead atoms. The maximum Gasteiger partial charge on any atom is 0.0439 e. The van der Waals surface area contributed by atoms with Gasteiger partial charge < -0.3 is 5.11 Å². The van der Waals surface area contributed by atoms with Crippen molar-refractivity contribution < 1.29 is 5.11 Å². The highest BCUT2D eigenvalue weighted by Crippen LogP contribution is 2.35. The maximum atomic E-state index is 9.24. The van der Waals surface area contributed by atoms with Crippen LogP contribution in [0.2, 0.25) is 0 Å². The molecule has 0 unspecified atom stereocenters. The topological polar surface area (TPSA) is 20.2 Å². The minimum atomic E-state index is 0.0455. The van der Waals surface area contributed by atoms with Crippen LogP contribution in [-0.4, -0.2) is 11.7 Å². The molecule has 0 aromatic heterocycles. The summed E-state index contributed by atoms with van der Waals surface area (Å²) >= 11 is 0. The molecule has 0 aliphatic rings. The highest BCUT2D eigenvalue weighted by molar-refractivity contribution is 5.39. The molecule has 0 spiro atoms. The second kappa shape index (κ2) is 5.88. The molecule has 1 rings (SSSR count). The van der Waals surface area contributed by atoms with Crippen molar-refractivity contribution in [2.45, 2.75) is 65.2 Å². The first kappa shape index (κ1) is 15.2. The summed E-state index contributed by atoms with van der Waals surface area (Å²) in [5.74, 6) is 1.09. The fraction of sp³-hybridized carbons (Fsp3) is 0.647. The summed E-state index contributed by atoms with van der Waals surface area (Å²) < 4.78 is 0. The average Bonchev–Trinajstić information content (AvgIpc) is 2.27. The van der Waals surface area contributed by atoms with E-state index in [1.54, 1.807) is 0 Å². The zero-order chi connectivity index (χ0) is 13.9. The van der Waals surface area contributed by atoms with E-state index < -0.39 is 0 Å². The summed E-state index contributed by atoms with van der Waals surface area (Å²) in [6, 6.07) is 6.86. The first-order chi connectivity index (χ1) is 8.29. The van der Waals surface area contributed by atoms with Crippen LogP contribution in [0.3, 0.4) is 0 Å². The third kappa shape index (κ3) is 3.35. The molecule has 0 amide bonds. The fourth-order valence-corrected chi connectivity index (χ4v) is 2.45. The Hall–Kier alpha value is -0.820. The van der Waals surface area contributed by atoms with Crippen LogP contribution in [0.4, 0.5) is 0 Å². The number of benzene rings is 1. The number of hydrogen-bond donors (Lipinski definition) is 1. The summed E-state index contributed by atoms with van der Waals surface area (Å²) in [5.41, 5.74) is 4.27. The molecule has 0 aliphatic carbocycles. The molecule has 102 valence electrons. The van der Waals surface area contributed by atoms with Crippen LogP contribution in [0.25, 0.3) is 0 Å². The molecule has 1 N–H and O–H groups in total. The number of aliphatic hydroxyl groups is 1. The van der Waals surface area contributed by atoms with Crippen molar-refractivity contribution in [2.75, 3.05) is 6.61 Å². The van der Waals surface area contributed by atoms with Gasteiger partial charge in [0.25, 0.3) is 0 Å². The summed E-state index contributed by atoms with van der Waals surface area (Å²) in [5, 5.41) is 9.24. The number of aliphatic hydroxyl groups excluding tert-OH is 1. The third-order valence-corrected chi connectivity index (χ3v) is 3.83. The van der Waals surface area contributed by atoms with Crippen LogP contribution in [0.5, 0.6) is 0 Å². The van der Waals surface area contributed by atoms with Gasteiger partial charge in [0, 0.05) is 6.61 Å². The van der Waals surface area contributed by atoms with Gasteiger partial charge in [0.05, 0.1) is 0 Å². The quantitative estimate of drug-likeness (QED) is 0.808. The Bertz CT molecular complexity index is 389. The van der Waals surface area contributed by atoms with Crippen molar-refractivity contribution >= 4 is 0 Å². The molecule has 0 heterocycles. The van der Waals surface area contributed by atoms with Gasteiger partial charge in [-0.3, -0.25) is 0 Å². The smallest absolute Gasteiger partial charge is 0.0439 e. The Morgan fingerprint density at radius 1 is 1.06 bits per heavy atom. The van der Waals surface area contributed by atoms with E-state index in [1.165, 1.54) is 16.7 Å². The van der Waals surface area contributed by atoms with Crippen molar-refractivity contribution in [3.05, 3.63) is 34.9 Å². The van der Waals surface area contributed by atoms with Crippen molar-refractivity contribution in [1.82, 2.24) is 0 Å². The van der Waals surface area contributed by atoms with Gasteiger partial charge in [-0.15, -0.1) is 0 Å². The van der Waals surface area contributed by atoms with Gasteiger partial charge >= 0.3 is 0 Å². The molecule has 1 aromatic rings. The highest BCUT2D eigenvalue weighted by Gasteiger charge is 2.24. The molecule has 0 saturated carbocycles. The van der Waals surface area contributed by atoms with Crippen molar-refractivity contribution in [1.29, 1.82) is 0 Å². The Labute approximate surface area is 112 Å². The molecular weight excluding hydrogens is 220 g/mol. The highest BCUT2D eigenvalue weighted by atomic mass is 16.3. The number of hydrogen-bond acceptors (Lipinski definition) is 1. The molecule has 0 saturated heterocycles. The van der Waals surface area contributed by atoms with Crippen LogP contribution in [0.1, 0.15) is 76.5 Å². The van der Waals surface area contributed by atoms with Gasteiger partial charge in [-0.1, -0.05) is 59.7 Å². The predicted octanol–water partition coefficient (Wildman–Crippen LogP) is 4.59. The lowest BCUT2D eigenvalue weighted by molar-refractivity contribution is 0.251. The zero-order valence-electron chi connectivity index (χ0n) is 12.7. The van der Waals surface area contributed by atoms with E-state index in [0.29, 0.717) is 11.8 Å². The van der Waals surface area contributed by atoms with Crippen molar-refractivity contribution in [3.8, 4) is 0 Å². The predicted molar refractivity (Wildman–Crippen MR) is 79.3 cm³/mol. The summed E-state index contributed by atoms with van der Waals surface area (Å²) in [4.78, 5) is 0. The van der Waals surface area contributed by atoms with E-state index >= 15 is 0 Å². The molecular formula is C17H28O. The zero-order valence-corrected chi connectivity index (χ0v) is 12.7. The summed E-state index contributed by atoms with van der Waals surface area (Å²) in [6.07, 6.45) is 0.813. The second-order valence-electron chi connectivity index (χ2n) is 6.51. The van der Waals surface area contributed by atoms with Crippen molar-refractivity contribution in [2.24, 2.45) is 0 Å². The minimum absolute atomic E-state index is 0.0455. The van der Waals surface area contributed by atoms with Gasteiger partial charge in [-0.25, -0.2) is 0 Å². The van der Waals surface area contributed by atoms with Gasteiger partial charge in [0.15, 0.2) is 0 Å². The van der Waals surface area contributed by atoms with Gasteiger partial charge in [-0.2, -0.15) is 0 Å². The Balaban J connectivity index is 3.27. The van der Waals surface area contributed by atoms with E-state index in [0.717, 1.165) is 6.42 Å².